The zero-order valence-electron chi connectivity index (χ0n) is 16.8. The van der Waals surface area contributed by atoms with Gasteiger partial charge in [0.2, 0.25) is 5.91 Å². The van der Waals surface area contributed by atoms with Crippen molar-refractivity contribution in [2.75, 3.05) is 27.2 Å². The van der Waals surface area contributed by atoms with Gasteiger partial charge >= 0.3 is 0 Å². The zero-order valence-corrected chi connectivity index (χ0v) is 16.8. The molecule has 1 aliphatic carbocycles. The molecule has 0 N–H and O–H groups in total. The second-order valence-corrected chi connectivity index (χ2v) is 8.19. The fraction of sp³-hybridized carbons (Fsp3) is 0.895. The number of likely N-dealkylation sites (tertiary alicyclic amines) is 1. The number of hydrogen-bond donors (Lipinski definition) is 0. The number of rotatable bonds is 6. The number of aromatic nitrogens is 4. The Morgan fingerprint density at radius 1 is 1.23 bits per heavy atom. The standard InChI is InChI=1S/C19H34N6O/c1-5-15(6-2)17(26)24-13-9-12-19(14-24,23(3)4)18-20-21-22-25(18)16-10-7-8-11-16/h15-16H,5-14H2,1-4H3. The van der Waals surface area contributed by atoms with Gasteiger partial charge < -0.3 is 4.90 Å². The highest BCUT2D eigenvalue weighted by Crippen LogP contribution is 2.38. The Labute approximate surface area is 157 Å². The molecule has 2 heterocycles. The second kappa shape index (κ2) is 8.03. The van der Waals surface area contributed by atoms with Gasteiger partial charge in [-0.1, -0.05) is 26.7 Å². The predicted molar refractivity (Wildman–Crippen MR) is 101 cm³/mol. The summed E-state index contributed by atoms with van der Waals surface area (Å²) in [4.78, 5) is 17.3. The van der Waals surface area contributed by atoms with Crippen LogP contribution in [0.4, 0.5) is 0 Å². The quantitative estimate of drug-likeness (QED) is 0.778. The third kappa shape index (κ3) is 3.38. The molecule has 1 aromatic rings. The minimum absolute atomic E-state index is 0.124. The summed E-state index contributed by atoms with van der Waals surface area (Å²) in [6.45, 7) is 5.74. The summed E-state index contributed by atoms with van der Waals surface area (Å²) in [6.07, 6.45) is 8.58. The average molecular weight is 363 g/mol. The van der Waals surface area contributed by atoms with Gasteiger partial charge in [0.15, 0.2) is 5.82 Å². The lowest BCUT2D eigenvalue weighted by Crippen LogP contribution is -2.57. The van der Waals surface area contributed by atoms with Gasteiger partial charge in [-0.2, -0.15) is 0 Å². The third-order valence-electron chi connectivity index (χ3n) is 6.55. The van der Waals surface area contributed by atoms with E-state index in [4.69, 9.17) is 0 Å². The molecule has 7 nitrogen and oxygen atoms in total. The van der Waals surface area contributed by atoms with Gasteiger partial charge in [-0.25, -0.2) is 4.68 Å². The van der Waals surface area contributed by atoms with E-state index in [-0.39, 0.29) is 11.5 Å². The topological polar surface area (TPSA) is 67.2 Å². The summed E-state index contributed by atoms with van der Waals surface area (Å²) >= 11 is 0. The molecule has 0 aromatic carbocycles. The molecular weight excluding hydrogens is 328 g/mol. The van der Waals surface area contributed by atoms with Gasteiger partial charge in [-0.05, 0) is 63.0 Å². The van der Waals surface area contributed by atoms with E-state index in [1.807, 2.05) is 0 Å². The molecule has 1 unspecified atom stereocenters. The van der Waals surface area contributed by atoms with E-state index >= 15 is 0 Å². The largest absolute Gasteiger partial charge is 0.340 e. The van der Waals surface area contributed by atoms with E-state index in [1.54, 1.807) is 0 Å². The van der Waals surface area contributed by atoms with E-state index < -0.39 is 0 Å². The SMILES string of the molecule is CCC(CC)C(=O)N1CCCC(c2nnnn2C2CCCC2)(N(C)C)C1. The molecule has 1 saturated carbocycles. The first-order valence-corrected chi connectivity index (χ1v) is 10.3. The van der Waals surface area contributed by atoms with E-state index in [2.05, 4.69) is 57.9 Å². The average Bonchev–Trinajstić information content (AvgIpc) is 3.33. The Kier molecular flexibility index (Phi) is 5.95. The van der Waals surface area contributed by atoms with Gasteiger partial charge in [-0.3, -0.25) is 9.69 Å². The van der Waals surface area contributed by atoms with Crippen LogP contribution in [0.1, 0.15) is 77.1 Å². The molecule has 0 spiro atoms. The van der Waals surface area contributed by atoms with Crippen molar-refractivity contribution in [3.05, 3.63) is 5.82 Å². The summed E-state index contributed by atoms with van der Waals surface area (Å²) in [5, 5.41) is 12.9. The highest BCUT2D eigenvalue weighted by Gasteiger charge is 2.46. The predicted octanol–water partition coefficient (Wildman–Crippen LogP) is 2.60. The Bertz CT molecular complexity index is 605. The monoisotopic (exact) mass is 362 g/mol. The van der Waals surface area contributed by atoms with Crippen molar-refractivity contribution in [3.8, 4) is 0 Å². The van der Waals surface area contributed by atoms with Gasteiger partial charge in [0.25, 0.3) is 0 Å². The lowest BCUT2D eigenvalue weighted by atomic mass is 9.85. The maximum atomic E-state index is 13.0. The van der Waals surface area contributed by atoms with Crippen LogP contribution < -0.4 is 0 Å². The van der Waals surface area contributed by atoms with Gasteiger partial charge in [-0.15, -0.1) is 5.10 Å². The maximum Gasteiger partial charge on any atom is 0.225 e. The molecule has 1 saturated heterocycles. The molecule has 7 heteroatoms. The number of tetrazole rings is 1. The molecule has 1 aromatic heterocycles. The summed E-state index contributed by atoms with van der Waals surface area (Å²) in [6, 6.07) is 0.405. The zero-order chi connectivity index (χ0) is 18.7. The molecule has 0 bridgehead atoms. The molecule has 26 heavy (non-hydrogen) atoms. The molecule has 1 atom stereocenters. The Morgan fingerprint density at radius 3 is 2.54 bits per heavy atom. The van der Waals surface area contributed by atoms with Gasteiger partial charge in [0.05, 0.1) is 6.04 Å². The highest BCUT2D eigenvalue weighted by atomic mass is 16.2. The van der Waals surface area contributed by atoms with Crippen molar-refractivity contribution in [1.82, 2.24) is 30.0 Å². The minimum Gasteiger partial charge on any atom is -0.340 e. The van der Waals surface area contributed by atoms with Gasteiger partial charge in [0, 0.05) is 19.0 Å². The lowest BCUT2D eigenvalue weighted by molar-refractivity contribution is -0.140. The van der Waals surface area contributed by atoms with E-state index in [0.717, 1.165) is 50.9 Å². The first kappa shape index (κ1) is 19.3. The fourth-order valence-corrected chi connectivity index (χ4v) is 4.76. The van der Waals surface area contributed by atoms with Crippen LogP contribution in [0.25, 0.3) is 0 Å². The van der Waals surface area contributed by atoms with E-state index in [0.29, 0.717) is 18.5 Å². The summed E-state index contributed by atoms with van der Waals surface area (Å²) in [5.74, 6) is 1.36. The number of amides is 1. The first-order chi connectivity index (χ1) is 12.5. The smallest absolute Gasteiger partial charge is 0.225 e. The second-order valence-electron chi connectivity index (χ2n) is 8.19. The fourth-order valence-electron chi connectivity index (χ4n) is 4.76. The van der Waals surface area contributed by atoms with Crippen LogP contribution in [-0.2, 0) is 10.3 Å². The van der Waals surface area contributed by atoms with Crippen LogP contribution in [0.15, 0.2) is 0 Å². The van der Waals surface area contributed by atoms with Crippen molar-refractivity contribution in [2.45, 2.75) is 76.8 Å². The van der Waals surface area contributed by atoms with Crippen molar-refractivity contribution in [2.24, 2.45) is 5.92 Å². The van der Waals surface area contributed by atoms with Crippen molar-refractivity contribution in [3.63, 3.8) is 0 Å². The number of carbonyl (C=O) groups excluding carboxylic acids is 1. The number of hydrogen-bond acceptors (Lipinski definition) is 5. The number of likely N-dealkylation sites (N-methyl/N-ethyl adjacent to an activating group) is 1. The van der Waals surface area contributed by atoms with Crippen LogP contribution in [-0.4, -0.2) is 63.1 Å². The first-order valence-electron chi connectivity index (χ1n) is 10.3. The minimum atomic E-state index is -0.300. The lowest BCUT2D eigenvalue weighted by Gasteiger charge is -2.46. The molecule has 0 radical (unpaired) electrons. The summed E-state index contributed by atoms with van der Waals surface area (Å²) in [5.41, 5.74) is -0.300. The number of carbonyl (C=O) groups is 1. The number of nitrogens with zero attached hydrogens (tertiary/aromatic N) is 6. The van der Waals surface area contributed by atoms with Crippen molar-refractivity contribution < 1.29 is 4.79 Å². The van der Waals surface area contributed by atoms with E-state index in [1.165, 1.54) is 12.8 Å². The number of piperidine rings is 1. The van der Waals surface area contributed by atoms with Crippen molar-refractivity contribution >= 4 is 5.91 Å². The molecule has 2 fully saturated rings. The maximum absolute atomic E-state index is 13.0. The van der Waals surface area contributed by atoms with Crippen LogP contribution >= 0.6 is 0 Å². The van der Waals surface area contributed by atoms with Crippen LogP contribution in [0.3, 0.4) is 0 Å². The van der Waals surface area contributed by atoms with Gasteiger partial charge in [0.1, 0.15) is 5.54 Å². The molecule has 146 valence electrons. The summed E-state index contributed by atoms with van der Waals surface area (Å²) < 4.78 is 2.07. The molecule has 3 rings (SSSR count). The van der Waals surface area contributed by atoms with E-state index in [9.17, 15) is 4.79 Å². The molecule has 1 amide bonds. The third-order valence-corrected chi connectivity index (χ3v) is 6.55. The van der Waals surface area contributed by atoms with Crippen LogP contribution in [0.2, 0.25) is 0 Å². The Morgan fingerprint density at radius 2 is 1.92 bits per heavy atom. The Hall–Kier alpha value is -1.50. The van der Waals surface area contributed by atoms with Crippen LogP contribution in [0.5, 0.6) is 0 Å². The molecule has 1 aliphatic heterocycles. The Balaban J connectivity index is 1.91. The molecular formula is C19H34N6O. The summed E-state index contributed by atoms with van der Waals surface area (Å²) in [7, 11) is 4.19. The van der Waals surface area contributed by atoms with Crippen LogP contribution in [0, 0.1) is 5.92 Å². The normalized spacial score (nSPS) is 24.8. The highest BCUT2D eigenvalue weighted by molar-refractivity contribution is 5.79. The molecule has 2 aliphatic rings. The van der Waals surface area contributed by atoms with Crippen molar-refractivity contribution in [1.29, 1.82) is 0 Å².